The van der Waals surface area contributed by atoms with E-state index >= 15 is 0 Å². The Morgan fingerprint density at radius 2 is 1.89 bits per heavy atom. The van der Waals surface area contributed by atoms with E-state index in [1.165, 1.54) is 0 Å². The molecule has 0 aliphatic rings. The zero-order valence-electron chi connectivity index (χ0n) is 11.7. The SMILES string of the molecule is CC(C)[C@@H](N)C(=O)N(C)CCOc1ccccc1.Cl. The molecule has 0 saturated carbocycles. The minimum atomic E-state index is -0.438. The van der Waals surface area contributed by atoms with Crippen LogP contribution in [0.3, 0.4) is 0 Å². The normalized spacial score (nSPS) is 11.6. The standard InChI is InChI=1S/C14H22N2O2.ClH/c1-11(2)13(15)14(17)16(3)9-10-18-12-7-5-4-6-8-12;/h4-8,11,13H,9-10,15H2,1-3H3;1H/t13-;/m1./s1. The molecule has 0 aliphatic heterocycles. The van der Waals surface area contributed by atoms with Crippen molar-refractivity contribution in [3.63, 3.8) is 0 Å². The highest BCUT2D eigenvalue weighted by molar-refractivity contribution is 5.85. The molecule has 0 radical (unpaired) electrons. The molecule has 5 heteroatoms. The largest absolute Gasteiger partial charge is 0.492 e. The molecule has 108 valence electrons. The van der Waals surface area contributed by atoms with Crippen LogP contribution in [0, 0.1) is 5.92 Å². The van der Waals surface area contributed by atoms with Crippen LogP contribution in [0.1, 0.15) is 13.8 Å². The highest BCUT2D eigenvalue weighted by Gasteiger charge is 2.20. The quantitative estimate of drug-likeness (QED) is 0.869. The maximum Gasteiger partial charge on any atom is 0.239 e. The Morgan fingerprint density at radius 1 is 1.32 bits per heavy atom. The number of amides is 1. The minimum absolute atomic E-state index is 0. The van der Waals surface area contributed by atoms with Gasteiger partial charge in [0.05, 0.1) is 12.6 Å². The van der Waals surface area contributed by atoms with E-state index in [0.717, 1.165) is 5.75 Å². The molecular formula is C14H23ClN2O2. The van der Waals surface area contributed by atoms with E-state index in [-0.39, 0.29) is 24.2 Å². The van der Waals surface area contributed by atoms with Crippen LogP contribution in [0.25, 0.3) is 0 Å². The third-order valence-electron chi connectivity index (χ3n) is 2.82. The molecule has 0 aromatic heterocycles. The number of benzene rings is 1. The van der Waals surface area contributed by atoms with Gasteiger partial charge in [0, 0.05) is 7.05 Å². The first-order chi connectivity index (χ1) is 8.52. The molecular weight excluding hydrogens is 264 g/mol. The second-order valence-corrected chi connectivity index (χ2v) is 4.69. The molecule has 0 aliphatic carbocycles. The van der Waals surface area contributed by atoms with Crippen LogP contribution in [-0.4, -0.2) is 37.0 Å². The van der Waals surface area contributed by atoms with Gasteiger partial charge >= 0.3 is 0 Å². The molecule has 1 amide bonds. The van der Waals surface area contributed by atoms with Gasteiger partial charge in [-0.05, 0) is 18.1 Å². The summed E-state index contributed by atoms with van der Waals surface area (Å²) in [6.07, 6.45) is 0. The average molecular weight is 287 g/mol. The van der Waals surface area contributed by atoms with Crippen molar-refractivity contribution in [3.8, 4) is 5.75 Å². The lowest BCUT2D eigenvalue weighted by molar-refractivity contribution is -0.132. The van der Waals surface area contributed by atoms with Crippen LogP contribution in [-0.2, 0) is 4.79 Å². The fourth-order valence-corrected chi connectivity index (χ4v) is 1.47. The molecule has 1 atom stereocenters. The average Bonchev–Trinajstić information content (AvgIpc) is 2.38. The number of ether oxygens (including phenoxy) is 1. The molecule has 0 fully saturated rings. The molecule has 0 saturated heterocycles. The molecule has 1 aromatic carbocycles. The second kappa shape index (κ2) is 8.77. The molecule has 1 aromatic rings. The zero-order chi connectivity index (χ0) is 13.5. The van der Waals surface area contributed by atoms with Gasteiger partial charge in [0.2, 0.25) is 5.91 Å². The Hall–Kier alpha value is -1.26. The number of hydrogen-bond donors (Lipinski definition) is 1. The predicted octanol–water partition coefficient (Wildman–Crippen LogP) is 1.93. The fourth-order valence-electron chi connectivity index (χ4n) is 1.47. The number of hydrogen-bond acceptors (Lipinski definition) is 3. The monoisotopic (exact) mass is 286 g/mol. The van der Waals surface area contributed by atoms with Crippen molar-refractivity contribution in [1.29, 1.82) is 0 Å². The number of nitrogens with two attached hydrogens (primary N) is 1. The molecule has 0 bridgehead atoms. The van der Waals surface area contributed by atoms with Crippen LogP contribution < -0.4 is 10.5 Å². The molecule has 19 heavy (non-hydrogen) atoms. The lowest BCUT2D eigenvalue weighted by atomic mass is 10.0. The number of likely N-dealkylation sites (N-methyl/N-ethyl adjacent to an activating group) is 1. The number of nitrogens with zero attached hydrogens (tertiary/aromatic N) is 1. The Balaban J connectivity index is 0.00000324. The maximum absolute atomic E-state index is 11.9. The summed E-state index contributed by atoms with van der Waals surface area (Å²) in [6.45, 7) is 4.89. The van der Waals surface area contributed by atoms with E-state index in [9.17, 15) is 4.79 Å². The summed E-state index contributed by atoms with van der Waals surface area (Å²) in [6, 6.07) is 9.11. The molecule has 2 N–H and O–H groups in total. The Morgan fingerprint density at radius 3 is 2.42 bits per heavy atom. The highest BCUT2D eigenvalue weighted by atomic mass is 35.5. The fraction of sp³-hybridized carbons (Fsp3) is 0.500. The lowest BCUT2D eigenvalue weighted by Crippen LogP contribution is -2.46. The van der Waals surface area contributed by atoms with E-state index in [0.29, 0.717) is 13.2 Å². The lowest BCUT2D eigenvalue weighted by Gasteiger charge is -2.23. The summed E-state index contributed by atoms with van der Waals surface area (Å²) >= 11 is 0. The summed E-state index contributed by atoms with van der Waals surface area (Å²) < 4.78 is 5.53. The zero-order valence-corrected chi connectivity index (χ0v) is 12.5. The number of rotatable bonds is 6. The van der Waals surface area contributed by atoms with Gasteiger partial charge in [-0.2, -0.15) is 0 Å². The summed E-state index contributed by atoms with van der Waals surface area (Å²) in [7, 11) is 1.75. The van der Waals surface area contributed by atoms with Crippen molar-refractivity contribution in [3.05, 3.63) is 30.3 Å². The van der Waals surface area contributed by atoms with Crippen LogP contribution in [0.5, 0.6) is 5.75 Å². The second-order valence-electron chi connectivity index (χ2n) is 4.69. The van der Waals surface area contributed by atoms with Gasteiger partial charge in [0.15, 0.2) is 0 Å². The van der Waals surface area contributed by atoms with Gasteiger partial charge in [0.25, 0.3) is 0 Å². The van der Waals surface area contributed by atoms with Crippen LogP contribution in [0.2, 0.25) is 0 Å². The molecule has 1 rings (SSSR count). The first kappa shape index (κ1) is 17.7. The van der Waals surface area contributed by atoms with Crippen molar-refractivity contribution >= 4 is 18.3 Å². The van der Waals surface area contributed by atoms with Gasteiger partial charge in [-0.1, -0.05) is 32.0 Å². The Bertz CT molecular complexity index is 371. The van der Waals surface area contributed by atoms with Gasteiger partial charge in [-0.15, -0.1) is 12.4 Å². The van der Waals surface area contributed by atoms with Crippen molar-refractivity contribution in [2.75, 3.05) is 20.2 Å². The molecule has 0 unspecified atom stereocenters. The third kappa shape index (κ3) is 5.94. The van der Waals surface area contributed by atoms with E-state index in [2.05, 4.69) is 0 Å². The maximum atomic E-state index is 11.9. The number of halogens is 1. The number of carbonyl (C=O) groups excluding carboxylic acids is 1. The molecule has 0 spiro atoms. The first-order valence-electron chi connectivity index (χ1n) is 6.20. The van der Waals surface area contributed by atoms with Crippen molar-refractivity contribution in [2.24, 2.45) is 11.7 Å². The predicted molar refractivity (Wildman–Crippen MR) is 79.6 cm³/mol. The number of para-hydroxylation sites is 1. The van der Waals surface area contributed by atoms with Crippen LogP contribution >= 0.6 is 12.4 Å². The van der Waals surface area contributed by atoms with Gasteiger partial charge in [0.1, 0.15) is 12.4 Å². The highest BCUT2D eigenvalue weighted by Crippen LogP contribution is 2.08. The molecule has 4 nitrogen and oxygen atoms in total. The smallest absolute Gasteiger partial charge is 0.239 e. The minimum Gasteiger partial charge on any atom is -0.492 e. The third-order valence-corrected chi connectivity index (χ3v) is 2.82. The van der Waals surface area contributed by atoms with E-state index in [1.54, 1.807) is 11.9 Å². The van der Waals surface area contributed by atoms with Crippen LogP contribution in [0.4, 0.5) is 0 Å². The van der Waals surface area contributed by atoms with Gasteiger partial charge in [-0.25, -0.2) is 0 Å². The van der Waals surface area contributed by atoms with Gasteiger partial charge < -0.3 is 15.4 Å². The van der Waals surface area contributed by atoms with E-state index in [4.69, 9.17) is 10.5 Å². The Kier molecular flexibility index (Phi) is 8.19. The van der Waals surface area contributed by atoms with Crippen molar-refractivity contribution < 1.29 is 9.53 Å². The van der Waals surface area contributed by atoms with Crippen molar-refractivity contribution in [2.45, 2.75) is 19.9 Å². The number of carbonyl (C=O) groups is 1. The van der Waals surface area contributed by atoms with Crippen LogP contribution in [0.15, 0.2) is 30.3 Å². The van der Waals surface area contributed by atoms with E-state index < -0.39 is 6.04 Å². The summed E-state index contributed by atoms with van der Waals surface area (Å²) in [4.78, 5) is 13.5. The van der Waals surface area contributed by atoms with Gasteiger partial charge in [-0.3, -0.25) is 4.79 Å². The van der Waals surface area contributed by atoms with Crippen molar-refractivity contribution in [1.82, 2.24) is 4.90 Å². The summed E-state index contributed by atoms with van der Waals surface area (Å²) in [5.74, 6) is 0.920. The topological polar surface area (TPSA) is 55.6 Å². The summed E-state index contributed by atoms with van der Waals surface area (Å²) in [5.41, 5.74) is 5.81. The first-order valence-corrected chi connectivity index (χ1v) is 6.20. The Labute approximate surface area is 121 Å². The summed E-state index contributed by atoms with van der Waals surface area (Å²) in [5, 5.41) is 0. The molecule has 0 heterocycles. The van der Waals surface area contributed by atoms with E-state index in [1.807, 2.05) is 44.2 Å².